The predicted molar refractivity (Wildman–Crippen MR) is 123 cm³/mol. The lowest BCUT2D eigenvalue weighted by Gasteiger charge is -2.31. The molecule has 1 N–H and O–H groups in total. The van der Waals surface area contributed by atoms with E-state index in [0.717, 1.165) is 23.2 Å². The molecule has 2 atom stereocenters. The van der Waals surface area contributed by atoms with Crippen LogP contribution in [0.15, 0.2) is 71.7 Å². The van der Waals surface area contributed by atoms with Crippen LogP contribution < -0.4 is 5.30 Å². The second-order valence-corrected chi connectivity index (χ2v) is 9.32. The minimum absolute atomic E-state index is 0.127. The Bertz CT molecular complexity index is 981. The zero-order chi connectivity index (χ0) is 20.1. The fourth-order valence-corrected chi connectivity index (χ4v) is 4.98. The number of hydrogen-bond donors (Lipinski definition) is 1. The molecule has 0 amide bonds. The second-order valence-electron chi connectivity index (χ2n) is 7.46. The third-order valence-corrected chi connectivity index (χ3v) is 7.38. The van der Waals surface area contributed by atoms with Crippen molar-refractivity contribution in [1.29, 1.82) is 0 Å². The van der Waals surface area contributed by atoms with Gasteiger partial charge in [-0.05, 0) is 49.3 Å². The molecule has 2 nitrogen and oxygen atoms in total. The SMILES string of the molecule is CCC(C)(Pc1c(C)cccc1C=Nc1ccccc1)c1cc(C)ccc1O. The average molecular weight is 389 g/mol. The standard InChI is InChI=1S/C25H28NOP/c1-5-25(4,22-16-18(2)14-15-23(22)27)28-24-19(3)10-9-11-20(24)17-26-21-12-7-6-8-13-21/h6-17,27-28H,5H2,1-4H3. The number of nitrogens with zero attached hydrogens (tertiary/aromatic N) is 1. The largest absolute Gasteiger partial charge is 0.508 e. The maximum absolute atomic E-state index is 10.5. The van der Waals surface area contributed by atoms with Crippen LogP contribution in [0.2, 0.25) is 0 Å². The average Bonchev–Trinajstić information content (AvgIpc) is 2.71. The maximum atomic E-state index is 10.5. The summed E-state index contributed by atoms with van der Waals surface area (Å²) in [6.45, 7) is 8.69. The third-order valence-electron chi connectivity index (χ3n) is 5.27. The van der Waals surface area contributed by atoms with Crippen molar-refractivity contribution in [2.75, 3.05) is 0 Å². The lowest BCUT2D eigenvalue weighted by Crippen LogP contribution is -2.21. The van der Waals surface area contributed by atoms with Crippen molar-refractivity contribution < 1.29 is 5.11 Å². The van der Waals surface area contributed by atoms with Gasteiger partial charge in [-0.1, -0.05) is 76.5 Å². The molecule has 2 unspecified atom stereocenters. The van der Waals surface area contributed by atoms with Gasteiger partial charge >= 0.3 is 0 Å². The number of aromatic hydroxyl groups is 1. The van der Waals surface area contributed by atoms with Crippen LogP contribution in [0.3, 0.4) is 0 Å². The van der Waals surface area contributed by atoms with E-state index in [4.69, 9.17) is 0 Å². The van der Waals surface area contributed by atoms with Crippen LogP contribution in [0.5, 0.6) is 5.75 Å². The first-order valence-corrected chi connectivity index (χ1v) is 10.7. The Morgan fingerprint density at radius 1 is 1.00 bits per heavy atom. The quantitative estimate of drug-likeness (QED) is 0.384. The molecule has 0 fully saturated rings. The summed E-state index contributed by atoms with van der Waals surface area (Å²) in [5.41, 5.74) is 5.57. The number of aliphatic imine (C=N–C) groups is 1. The van der Waals surface area contributed by atoms with E-state index in [9.17, 15) is 5.11 Å². The van der Waals surface area contributed by atoms with E-state index in [-0.39, 0.29) is 5.16 Å². The number of hydrogen-bond acceptors (Lipinski definition) is 2. The first-order valence-electron chi connectivity index (χ1n) is 9.70. The predicted octanol–water partition coefficient (Wildman–Crippen LogP) is 6.39. The molecule has 28 heavy (non-hydrogen) atoms. The molecule has 0 saturated heterocycles. The maximum Gasteiger partial charge on any atom is 0.119 e. The highest BCUT2D eigenvalue weighted by Gasteiger charge is 2.29. The van der Waals surface area contributed by atoms with Crippen LogP contribution in [-0.4, -0.2) is 11.3 Å². The lowest BCUT2D eigenvalue weighted by atomic mass is 9.95. The molecular formula is C25H28NOP. The smallest absolute Gasteiger partial charge is 0.119 e. The van der Waals surface area contributed by atoms with Crippen molar-refractivity contribution >= 4 is 25.8 Å². The summed E-state index contributed by atoms with van der Waals surface area (Å²) in [4.78, 5) is 4.67. The summed E-state index contributed by atoms with van der Waals surface area (Å²) in [6.07, 6.45) is 2.92. The monoisotopic (exact) mass is 389 g/mol. The van der Waals surface area contributed by atoms with E-state index in [1.54, 1.807) is 0 Å². The summed E-state index contributed by atoms with van der Waals surface area (Å²) in [7, 11) is 0.533. The number of benzene rings is 3. The van der Waals surface area contributed by atoms with E-state index in [0.29, 0.717) is 14.3 Å². The van der Waals surface area contributed by atoms with Gasteiger partial charge in [0.05, 0.1) is 5.69 Å². The third kappa shape index (κ3) is 4.51. The number of phenols is 1. The molecule has 0 spiro atoms. The van der Waals surface area contributed by atoms with Crippen molar-refractivity contribution in [2.45, 2.75) is 39.3 Å². The van der Waals surface area contributed by atoms with Crippen molar-refractivity contribution in [3.63, 3.8) is 0 Å². The second kappa shape index (κ2) is 8.71. The van der Waals surface area contributed by atoms with Gasteiger partial charge in [0.25, 0.3) is 0 Å². The highest BCUT2D eigenvalue weighted by Crippen LogP contribution is 2.47. The summed E-state index contributed by atoms with van der Waals surface area (Å²) >= 11 is 0. The summed E-state index contributed by atoms with van der Waals surface area (Å²) in [5, 5.41) is 11.7. The van der Waals surface area contributed by atoms with Crippen molar-refractivity contribution in [3.05, 3.63) is 89.0 Å². The molecule has 0 aliphatic rings. The van der Waals surface area contributed by atoms with Gasteiger partial charge in [0.2, 0.25) is 0 Å². The van der Waals surface area contributed by atoms with Gasteiger partial charge in [-0.2, -0.15) is 0 Å². The molecule has 0 saturated carbocycles. The van der Waals surface area contributed by atoms with Crippen LogP contribution >= 0.6 is 8.58 Å². The van der Waals surface area contributed by atoms with Crippen LogP contribution in [0.1, 0.15) is 42.5 Å². The van der Waals surface area contributed by atoms with Crippen LogP contribution in [0, 0.1) is 13.8 Å². The molecule has 144 valence electrons. The molecule has 0 radical (unpaired) electrons. The summed E-state index contributed by atoms with van der Waals surface area (Å²) in [6, 6.07) is 22.3. The molecule has 0 heterocycles. The Labute approximate surface area is 170 Å². The van der Waals surface area contributed by atoms with E-state index in [1.165, 1.54) is 16.4 Å². The summed E-state index contributed by atoms with van der Waals surface area (Å²) in [5.74, 6) is 0.385. The number of aryl methyl sites for hydroxylation is 2. The Morgan fingerprint density at radius 3 is 2.46 bits per heavy atom. The normalized spacial score (nSPS) is 14.0. The van der Waals surface area contributed by atoms with E-state index < -0.39 is 0 Å². The molecule has 3 aromatic rings. The number of phenolic OH excluding ortho intramolecular Hbond substituents is 1. The molecule has 3 aromatic carbocycles. The van der Waals surface area contributed by atoms with Crippen molar-refractivity contribution in [1.82, 2.24) is 0 Å². The fourth-order valence-electron chi connectivity index (χ4n) is 3.34. The van der Waals surface area contributed by atoms with Crippen LogP contribution in [-0.2, 0) is 5.16 Å². The minimum Gasteiger partial charge on any atom is -0.508 e. The minimum atomic E-state index is -0.127. The van der Waals surface area contributed by atoms with Gasteiger partial charge in [-0.25, -0.2) is 0 Å². The van der Waals surface area contributed by atoms with Crippen LogP contribution in [0.4, 0.5) is 5.69 Å². The van der Waals surface area contributed by atoms with Crippen molar-refractivity contribution in [3.8, 4) is 5.75 Å². The Hall–Kier alpha value is -2.44. The molecule has 0 aliphatic carbocycles. The zero-order valence-corrected chi connectivity index (χ0v) is 18.0. The van der Waals surface area contributed by atoms with Gasteiger partial charge in [0.1, 0.15) is 5.75 Å². The highest BCUT2D eigenvalue weighted by molar-refractivity contribution is 7.49. The van der Waals surface area contributed by atoms with Gasteiger partial charge in [0.15, 0.2) is 0 Å². The Balaban J connectivity index is 2.01. The molecular weight excluding hydrogens is 361 g/mol. The van der Waals surface area contributed by atoms with Gasteiger partial charge in [-0.3, -0.25) is 4.99 Å². The number of rotatable bonds is 6. The first kappa shape index (κ1) is 20.3. The Morgan fingerprint density at radius 2 is 1.75 bits per heavy atom. The van der Waals surface area contributed by atoms with Gasteiger partial charge in [-0.15, -0.1) is 0 Å². The Kier molecular flexibility index (Phi) is 6.31. The molecule has 3 rings (SSSR count). The molecule has 3 heteroatoms. The molecule has 0 bridgehead atoms. The fraction of sp³-hybridized carbons (Fsp3) is 0.240. The zero-order valence-electron chi connectivity index (χ0n) is 17.0. The van der Waals surface area contributed by atoms with Crippen molar-refractivity contribution in [2.24, 2.45) is 4.99 Å². The molecule has 0 aromatic heterocycles. The van der Waals surface area contributed by atoms with E-state index in [2.05, 4.69) is 57.0 Å². The summed E-state index contributed by atoms with van der Waals surface area (Å²) < 4.78 is 0. The van der Waals surface area contributed by atoms with Crippen LogP contribution in [0.25, 0.3) is 0 Å². The highest BCUT2D eigenvalue weighted by atomic mass is 31.1. The number of para-hydroxylation sites is 1. The topological polar surface area (TPSA) is 32.6 Å². The first-order chi connectivity index (χ1) is 13.4. The lowest BCUT2D eigenvalue weighted by molar-refractivity contribution is 0.456. The van der Waals surface area contributed by atoms with E-state index in [1.807, 2.05) is 48.7 Å². The molecule has 0 aliphatic heterocycles. The van der Waals surface area contributed by atoms with Gasteiger partial charge < -0.3 is 5.11 Å². The van der Waals surface area contributed by atoms with Gasteiger partial charge in [0, 0.05) is 22.5 Å². The van der Waals surface area contributed by atoms with E-state index >= 15 is 0 Å².